The lowest BCUT2D eigenvalue weighted by Gasteiger charge is -2.26. The van der Waals surface area contributed by atoms with Gasteiger partial charge >= 0.3 is 6.18 Å². The number of nitrogens with zero attached hydrogens (tertiary/aromatic N) is 5. The smallest absolute Gasteiger partial charge is 0.354 e. The molecule has 12 heteroatoms. The topological polar surface area (TPSA) is 103 Å². The number of fused-ring (bicyclic) bond motifs is 2. The van der Waals surface area contributed by atoms with Crippen molar-refractivity contribution in [2.45, 2.75) is 12.7 Å². The first-order valence-corrected chi connectivity index (χ1v) is 9.53. The number of benzene rings is 1. The third kappa shape index (κ3) is 3.77. The zero-order valence-electron chi connectivity index (χ0n) is 16.1. The van der Waals surface area contributed by atoms with Crippen molar-refractivity contribution in [2.24, 2.45) is 0 Å². The number of aromatic nitrogens is 5. The summed E-state index contributed by atoms with van der Waals surface area (Å²) in [6.07, 6.45) is -4.53. The van der Waals surface area contributed by atoms with Gasteiger partial charge in [-0.15, -0.1) is 5.10 Å². The number of hydrogen-bond donors (Lipinski definition) is 3. The first-order valence-electron chi connectivity index (χ1n) is 9.53. The predicted molar refractivity (Wildman–Crippen MR) is 106 cm³/mol. The third-order valence-electron chi connectivity index (χ3n) is 5.03. The second-order valence-corrected chi connectivity index (χ2v) is 7.24. The van der Waals surface area contributed by atoms with Crippen molar-refractivity contribution in [3.63, 3.8) is 0 Å². The second kappa shape index (κ2) is 7.23. The Morgan fingerprint density at radius 2 is 2.06 bits per heavy atom. The Morgan fingerprint density at radius 3 is 2.87 bits per heavy atom. The van der Waals surface area contributed by atoms with Crippen molar-refractivity contribution in [1.82, 2.24) is 35.0 Å². The quantitative estimate of drug-likeness (QED) is 0.459. The van der Waals surface area contributed by atoms with Crippen LogP contribution in [0.15, 0.2) is 36.4 Å². The van der Waals surface area contributed by atoms with Crippen LogP contribution in [0.4, 0.5) is 24.8 Å². The lowest BCUT2D eigenvalue weighted by Crippen LogP contribution is -2.47. The van der Waals surface area contributed by atoms with Gasteiger partial charge in [0.15, 0.2) is 11.3 Å². The fourth-order valence-corrected chi connectivity index (χ4v) is 3.63. The Kier molecular flexibility index (Phi) is 4.50. The van der Waals surface area contributed by atoms with E-state index in [0.717, 1.165) is 12.2 Å². The number of halogens is 3. The maximum Gasteiger partial charge on any atom is 0.435 e. The van der Waals surface area contributed by atoms with Crippen LogP contribution in [-0.4, -0.2) is 55.2 Å². The van der Waals surface area contributed by atoms with Crippen molar-refractivity contribution in [3.05, 3.63) is 47.8 Å². The number of piperazine rings is 1. The van der Waals surface area contributed by atoms with Gasteiger partial charge < -0.3 is 10.6 Å². The molecule has 0 bridgehead atoms. The zero-order valence-corrected chi connectivity index (χ0v) is 16.1. The van der Waals surface area contributed by atoms with Crippen LogP contribution in [0.3, 0.4) is 0 Å². The first-order chi connectivity index (χ1) is 14.9. The average molecular weight is 430 g/mol. The number of H-pyrrole nitrogens is 1. The number of nitrogens with one attached hydrogen (secondary N) is 3. The molecule has 3 N–H and O–H groups in total. The summed E-state index contributed by atoms with van der Waals surface area (Å²) >= 11 is 0. The van der Waals surface area contributed by atoms with Crippen LogP contribution >= 0.6 is 0 Å². The van der Waals surface area contributed by atoms with E-state index in [2.05, 4.69) is 30.9 Å². The van der Waals surface area contributed by atoms with E-state index < -0.39 is 11.9 Å². The monoisotopic (exact) mass is 430 g/mol. The lowest BCUT2D eigenvalue weighted by atomic mass is 10.2. The highest BCUT2D eigenvalue weighted by atomic mass is 19.4. The molecule has 0 spiro atoms. The van der Waals surface area contributed by atoms with E-state index in [4.69, 9.17) is 0 Å². The molecule has 5 rings (SSSR count). The summed E-state index contributed by atoms with van der Waals surface area (Å²) in [7, 11) is 0. The van der Waals surface area contributed by atoms with Gasteiger partial charge in [-0.05, 0) is 30.3 Å². The minimum absolute atomic E-state index is 0.00568. The predicted octanol–water partition coefficient (Wildman–Crippen LogP) is 2.30. The van der Waals surface area contributed by atoms with Crippen LogP contribution in [0, 0.1) is 0 Å². The zero-order chi connectivity index (χ0) is 21.6. The molecule has 3 aromatic heterocycles. The van der Waals surface area contributed by atoms with Crippen LogP contribution in [0.1, 0.15) is 11.4 Å². The molecule has 1 amide bonds. The van der Waals surface area contributed by atoms with Gasteiger partial charge in [-0.1, -0.05) is 6.07 Å². The van der Waals surface area contributed by atoms with Gasteiger partial charge in [0.25, 0.3) is 0 Å². The van der Waals surface area contributed by atoms with Crippen LogP contribution in [-0.2, 0) is 17.5 Å². The summed E-state index contributed by atoms with van der Waals surface area (Å²) in [6, 6.07) is 9.98. The van der Waals surface area contributed by atoms with E-state index in [9.17, 15) is 18.0 Å². The van der Waals surface area contributed by atoms with Crippen LogP contribution in [0.25, 0.3) is 16.6 Å². The van der Waals surface area contributed by atoms with Crippen LogP contribution in [0.5, 0.6) is 0 Å². The van der Waals surface area contributed by atoms with Crippen LogP contribution < -0.4 is 10.6 Å². The van der Waals surface area contributed by atoms with E-state index >= 15 is 0 Å². The minimum Gasteiger partial charge on any atom is -0.354 e. The normalized spacial score (nSPS) is 15.5. The molecule has 0 saturated carbocycles. The molecule has 31 heavy (non-hydrogen) atoms. The second-order valence-electron chi connectivity index (χ2n) is 7.24. The number of amides is 1. The Hall–Kier alpha value is -3.67. The van der Waals surface area contributed by atoms with Crippen molar-refractivity contribution in [1.29, 1.82) is 0 Å². The molecule has 0 unspecified atom stereocenters. The van der Waals surface area contributed by atoms with E-state index in [1.807, 2.05) is 17.0 Å². The summed E-state index contributed by atoms with van der Waals surface area (Å²) in [5.74, 6) is 0.293. The number of aromatic amines is 1. The van der Waals surface area contributed by atoms with Gasteiger partial charge in [0, 0.05) is 30.7 Å². The van der Waals surface area contributed by atoms with E-state index in [1.54, 1.807) is 10.6 Å². The average Bonchev–Trinajstić information content (AvgIpc) is 3.32. The molecule has 1 aliphatic heterocycles. The van der Waals surface area contributed by atoms with Gasteiger partial charge in [0.2, 0.25) is 11.9 Å². The molecular formula is C19H17F3N8O. The molecule has 1 aromatic carbocycles. The number of pyridine rings is 1. The number of anilines is 2. The molecular weight excluding hydrogens is 413 g/mol. The molecule has 4 aromatic rings. The maximum absolute atomic E-state index is 13.0. The Balaban J connectivity index is 1.40. The molecule has 0 atom stereocenters. The van der Waals surface area contributed by atoms with Gasteiger partial charge in [-0.2, -0.15) is 23.3 Å². The summed E-state index contributed by atoms with van der Waals surface area (Å²) in [5.41, 5.74) is 1.31. The number of hydrogen-bond acceptors (Lipinski definition) is 6. The van der Waals surface area contributed by atoms with Gasteiger partial charge in [-0.25, -0.2) is 4.52 Å². The van der Waals surface area contributed by atoms with Crippen molar-refractivity contribution < 1.29 is 18.0 Å². The van der Waals surface area contributed by atoms with Gasteiger partial charge in [0.05, 0.1) is 17.8 Å². The number of alkyl halides is 3. The molecule has 4 heterocycles. The molecule has 1 aliphatic rings. The van der Waals surface area contributed by atoms with Crippen molar-refractivity contribution >= 4 is 34.1 Å². The maximum atomic E-state index is 13.0. The van der Waals surface area contributed by atoms with Gasteiger partial charge in [-0.3, -0.25) is 14.8 Å². The molecule has 1 saturated heterocycles. The summed E-state index contributed by atoms with van der Waals surface area (Å²) in [5, 5.41) is 16.1. The number of carbonyl (C=O) groups excluding carboxylic acids is 1. The summed E-state index contributed by atoms with van der Waals surface area (Å²) in [6.45, 7) is 2.20. The minimum atomic E-state index is -4.53. The fourth-order valence-electron chi connectivity index (χ4n) is 3.63. The summed E-state index contributed by atoms with van der Waals surface area (Å²) < 4.78 is 40.7. The molecule has 0 aliphatic carbocycles. The highest BCUT2D eigenvalue weighted by molar-refractivity contribution is 5.85. The third-order valence-corrected chi connectivity index (χ3v) is 5.03. The highest BCUT2D eigenvalue weighted by Gasteiger charge is 2.35. The van der Waals surface area contributed by atoms with E-state index in [-0.39, 0.29) is 16.8 Å². The highest BCUT2D eigenvalue weighted by Crippen LogP contribution is 2.34. The van der Waals surface area contributed by atoms with Crippen LogP contribution in [0.2, 0.25) is 0 Å². The van der Waals surface area contributed by atoms with Crippen molar-refractivity contribution in [2.75, 3.05) is 25.0 Å². The summed E-state index contributed by atoms with van der Waals surface area (Å²) in [4.78, 5) is 18.1. The SMILES string of the molecule is O=C1CN(Cc2cccc3nc(Nc4ccc5c(C(F)(F)F)n[nH]c5c4)nn23)CCN1. The van der Waals surface area contributed by atoms with E-state index in [1.165, 1.54) is 18.2 Å². The van der Waals surface area contributed by atoms with Gasteiger partial charge in [0.1, 0.15) is 0 Å². The lowest BCUT2D eigenvalue weighted by molar-refractivity contribution is -0.140. The molecule has 0 radical (unpaired) electrons. The van der Waals surface area contributed by atoms with Crippen molar-refractivity contribution in [3.8, 4) is 0 Å². The number of rotatable bonds is 4. The van der Waals surface area contributed by atoms with E-state index in [0.29, 0.717) is 36.9 Å². The molecule has 9 nitrogen and oxygen atoms in total. The number of carbonyl (C=O) groups is 1. The Bertz CT molecular complexity index is 1280. The first kappa shape index (κ1) is 19.3. The Morgan fingerprint density at radius 1 is 1.19 bits per heavy atom. The molecule has 160 valence electrons. The standard InChI is InChI=1S/C19H17F3N8O/c20-19(21,22)17-13-5-4-11(8-14(13)26-27-17)24-18-25-15-3-1-2-12(30(15)28-18)9-29-7-6-23-16(31)10-29/h1-5,8H,6-7,9-10H2,(H,23,31)(H,24,28)(H,26,27). The molecule has 1 fully saturated rings. The largest absolute Gasteiger partial charge is 0.435 e. The fraction of sp³-hybridized carbons (Fsp3) is 0.263. The Labute approximate surface area is 173 Å².